The number of benzene rings is 1. The lowest BCUT2D eigenvalue weighted by molar-refractivity contribution is 0.471. The highest BCUT2D eigenvalue weighted by molar-refractivity contribution is 6.08. The van der Waals surface area contributed by atoms with Gasteiger partial charge in [-0.25, -0.2) is 0 Å². The van der Waals surface area contributed by atoms with Crippen molar-refractivity contribution >= 4 is 11.8 Å². The van der Waals surface area contributed by atoms with Crippen LogP contribution in [-0.2, 0) is 0 Å². The van der Waals surface area contributed by atoms with Crippen LogP contribution in [0.25, 0.3) is 5.57 Å². The number of nitrogens with one attached hydrogen (secondary N) is 2. The van der Waals surface area contributed by atoms with Crippen molar-refractivity contribution in [2.75, 3.05) is 7.05 Å². The minimum absolute atomic E-state index is 0.280. The minimum atomic E-state index is 0.280. The van der Waals surface area contributed by atoms with Gasteiger partial charge in [0.25, 0.3) is 0 Å². The molecule has 0 saturated heterocycles. The zero-order valence-corrected chi connectivity index (χ0v) is 8.33. The van der Waals surface area contributed by atoms with Gasteiger partial charge >= 0.3 is 0 Å². The molecule has 0 spiro atoms. The molecule has 3 N–H and O–H groups in total. The van der Waals surface area contributed by atoms with Gasteiger partial charge < -0.3 is 15.8 Å². The van der Waals surface area contributed by atoms with E-state index in [1.54, 1.807) is 25.4 Å². The molecule has 0 fully saturated rings. The highest BCUT2D eigenvalue weighted by atomic mass is 16.3. The molecule has 1 aromatic rings. The van der Waals surface area contributed by atoms with Crippen LogP contribution in [0.2, 0.25) is 0 Å². The lowest BCUT2D eigenvalue weighted by Crippen LogP contribution is -1.97. The first kappa shape index (κ1) is 10.3. The summed E-state index contributed by atoms with van der Waals surface area (Å²) in [6, 6.07) is 5.28. The third-order valence-electron chi connectivity index (χ3n) is 1.99. The second kappa shape index (κ2) is 4.46. The molecule has 1 aromatic carbocycles. The van der Waals surface area contributed by atoms with Gasteiger partial charge in [0, 0.05) is 25.0 Å². The van der Waals surface area contributed by atoms with Gasteiger partial charge in [-0.3, -0.25) is 0 Å². The Hall–Kier alpha value is -1.77. The smallest absolute Gasteiger partial charge is 0.118 e. The first-order valence-corrected chi connectivity index (χ1v) is 4.37. The average molecular weight is 190 g/mol. The number of phenolic OH excluding ortho intramolecular Hbond substituents is 1. The van der Waals surface area contributed by atoms with Gasteiger partial charge in [0.2, 0.25) is 0 Å². The fraction of sp³-hybridized carbons (Fsp3) is 0.182. The number of hydrogen-bond acceptors (Lipinski definition) is 3. The fourth-order valence-electron chi connectivity index (χ4n) is 1.20. The van der Waals surface area contributed by atoms with Crippen LogP contribution in [0.1, 0.15) is 11.1 Å². The van der Waals surface area contributed by atoms with Crippen LogP contribution in [0.5, 0.6) is 5.75 Å². The number of allylic oxidation sites excluding steroid dienone is 1. The topological polar surface area (TPSA) is 56.1 Å². The van der Waals surface area contributed by atoms with Crippen LogP contribution < -0.4 is 5.32 Å². The van der Waals surface area contributed by atoms with E-state index in [1.165, 1.54) is 6.21 Å². The predicted molar refractivity (Wildman–Crippen MR) is 58.7 cm³/mol. The Balaban J connectivity index is 3.12. The van der Waals surface area contributed by atoms with Crippen LogP contribution in [0.3, 0.4) is 0 Å². The van der Waals surface area contributed by atoms with E-state index in [2.05, 4.69) is 5.32 Å². The summed E-state index contributed by atoms with van der Waals surface area (Å²) in [6.45, 7) is 1.83. The van der Waals surface area contributed by atoms with E-state index < -0.39 is 0 Å². The maximum absolute atomic E-state index is 9.34. The third-order valence-corrected chi connectivity index (χ3v) is 1.99. The van der Waals surface area contributed by atoms with E-state index in [0.29, 0.717) is 0 Å². The van der Waals surface area contributed by atoms with Crippen LogP contribution >= 0.6 is 0 Å². The largest absolute Gasteiger partial charge is 0.508 e. The summed E-state index contributed by atoms with van der Waals surface area (Å²) in [6.07, 6.45) is 3.03. The summed E-state index contributed by atoms with van der Waals surface area (Å²) in [5.41, 5.74) is 2.52. The molecule has 3 heteroatoms. The first-order chi connectivity index (χ1) is 6.69. The monoisotopic (exact) mass is 190 g/mol. The Morgan fingerprint density at radius 1 is 1.50 bits per heavy atom. The lowest BCUT2D eigenvalue weighted by atomic mass is 10.0. The summed E-state index contributed by atoms with van der Waals surface area (Å²) in [4.78, 5) is 0. The zero-order chi connectivity index (χ0) is 10.6. The molecule has 0 aliphatic rings. The van der Waals surface area contributed by atoms with Gasteiger partial charge in [-0.15, -0.1) is 0 Å². The number of rotatable bonds is 3. The summed E-state index contributed by atoms with van der Waals surface area (Å²) in [5.74, 6) is 0.280. The van der Waals surface area contributed by atoms with Crippen molar-refractivity contribution in [2.24, 2.45) is 0 Å². The third kappa shape index (κ3) is 2.13. The summed E-state index contributed by atoms with van der Waals surface area (Å²) in [7, 11) is 1.79. The summed E-state index contributed by atoms with van der Waals surface area (Å²) >= 11 is 0. The van der Waals surface area contributed by atoms with E-state index in [4.69, 9.17) is 5.41 Å². The number of phenols is 1. The van der Waals surface area contributed by atoms with Gasteiger partial charge in [0.05, 0.1) is 0 Å². The van der Waals surface area contributed by atoms with Gasteiger partial charge in [-0.05, 0) is 30.2 Å². The summed E-state index contributed by atoms with van der Waals surface area (Å²) in [5, 5.41) is 19.4. The molecule has 0 amide bonds. The second-order valence-electron chi connectivity index (χ2n) is 3.03. The normalized spacial score (nSPS) is 11.1. The molecule has 0 aliphatic heterocycles. The van der Waals surface area contributed by atoms with E-state index in [9.17, 15) is 5.11 Å². The lowest BCUT2D eigenvalue weighted by Gasteiger charge is -2.04. The Kier molecular flexibility index (Phi) is 3.29. The van der Waals surface area contributed by atoms with Crippen molar-refractivity contribution in [3.63, 3.8) is 0 Å². The van der Waals surface area contributed by atoms with Gasteiger partial charge in [-0.2, -0.15) is 0 Å². The van der Waals surface area contributed by atoms with Gasteiger partial charge in [0.15, 0.2) is 0 Å². The second-order valence-corrected chi connectivity index (χ2v) is 3.03. The zero-order valence-electron chi connectivity index (χ0n) is 8.33. The van der Waals surface area contributed by atoms with Crippen molar-refractivity contribution in [3.8, 4) is 5.75 Å². The first-order valence-electron chi connectivity index (χ1n) is 4.37. The summed E-state index contributed by atoms with van der Waals surface area (Å²) < 4.78 is 0. The van der Waals surface area contributed by atoms with Gasteiger partial charge in [-0.1, -0.05) is 6.07 Å². The highest BCUT2D eigenvalue weighted by Crippen LogP contribution is 2.20. The van der Waals surface area contributed by atoms with Crippen LogP contribution in [0, 0.1) is 12.3 Å². The number of hydrogen-bond donors (Lipinski definition) is 3. The molecule has 74 valence electrons. The molecule has 1 rings (SSSR count). The Morgan fingerprint density at radius 2 is 2.21 bits per heavy atom. The van der Waals surface area contributed by atoms with Crippen molar-refractivity contribution < 1.29 is 5.11 Å². The standard InChI is InChI=1S/C11H14N2O/c1-8-5-9(3-4-11(8)14)10(6-12)7-13-2/h3-7,12-14H,1-2H3/b10-7+,12-6?. The maximum Gasteiger partial charge on any atom is 0.118 e. The van der Waals surface area contributed by atoms with Crippen molar-refractivity contribution in [1.29, 1.82) is 5.41 Å². The van der Waals surface area contributed by atoms with Crippen LogP contribution in [-0.4, -0.2) is 18.4 Å². The maximum atomic E-state index is 9.34. The SMILES string of the molecule is CN/C=C(\C=N)c1ccc(O)c(C)c1. The van der Waals surface area contributed by atoms with Gasteiger partial charge in [0.1, 0.15) is 5.75 Å². The molecular formula is C11H14N2O. The van der Waals surface area contributed by atoms with E-state index in [0.717, 1.165) is 16.7 Å². The van der Waals surface area contributed by atoms with E-state index >= 15 is 0 Å². The van der Waals surface area contributed by atoms with Crippen LogP contribution in [0.15, 0.2) is 24.4 Å². The minimum Gasteiger partial charge on any atom is -0.508 e. The molecule has 3 nitrogen and oxygen atoms in total. The molecule has 14 heavy (non-hydrogen) atoms. The molecule has 0 unspecified atom stereocenters. The molecule has 0 heterocycles. The van der Waals surface area contributed by atoms with Crippen LogP contribution in [0.4, 0.5) is 0 Å². The van der Waals surface area contributed by atoms with Crippen molar-refractivity contribution in [2.45, 2.75) is 6.92 Å². The molecule has 0 aliphatic carbocycles. The average Bonchev–Trinajstić information content (AvgIpc) is 2.19. The predicted octanol–water partition coefficient (Wildman–Crippen LogP) is 1.91. The van der Waals surface area contributed by atoms with Crippen molar-refractivity contribution in [1.82, 2.24) is 5.32 Å². The molecule has 0 radical (unpaired) electrons. The molecule has 0 aromatic heterocycles. The molecule has 0 saturated carbocycles. The fourth-order valence-corrected chi connectivity index (χ4v) is 1.20. The van der Waals surface area contributed by atoms with E-state index in [1.807, 2.05) is 13.0 Å². The Bertz CT molecular complexity index is 370. The highest BCUT2D eigenvalue weighted by Gasteiger charge is 2.01. The Labute approximate surface area is 83.6 Å². The Morgan fingerprint density at radius 3 is 2.71 bits per heavy atom. The molecule has 0 bridgehead atoms. The molecule has 0 atom stereocenters. The molecular weight excluding hydrogens is 176 g/mol. The quantitative estimate of drug-likeness (QED) is 0.638. The van der Waals surface area contributed by atoms with Crippen molar-refractivity contribution in [3.05, 3.63) is 35.5 Å². The van der Waals surface area contributed by atoms with E-state index in [-0.39, 0.29) is 5.75 Å². The number of aryl methyl sites for hydroxylation is 1. The number of aromatic hydroxyl groups is 1.